The summed E-state index contributed by atoms with van der Waals surface area (Å²) in [4.78, 5) is 11.6. The summed E-state index contributed by atoms with van der Waals surface area (Å²) >= 11 is 0. The van der Waals surface area contributed by atoms with Gasteiger partial charge in [0.25, 0.3) is 0 Å². The highest BCUT2D eigenvalue weighted by atomic mass is 16.5. The summed E-state index contributed by atoms with van der Waals surface area (Å²) in [6.45, 7) is 5.96. The third kappa shape index (κ3) is 2.82. The van der Waals surface area contributed by atoms with E-state index in [-0.39, 0.29) is 12.0 Å². The molecule has 2 rings (SSSR count). The van der Waals surface area contributed by atoms with E-state index in [0.717, 1.165) is 25.2 Å². The molecule has 0 spiro atoms. The average Bonchev–Trinajstić information content (AvgIpc) is 2.39. The Morgan fingerprint density at radius 1 is 1.56 bits per heavy atom. The van der Waals surface area contributed by atoms with Crippen molar-refractivity contribution in [2.45, 2.75) is 32.9 Å². The van der Waals surface area contributed by atoms with E-state index >= 15 is 0 Å². The van der Waals surface area contributed by atoms with Crippen molar-refractivity contribution in [1.82, 2.24) is 5.32 Å². The molecule has 0 bridgehead atoms. The number of hydrogen-bond acceptors (Lipinski definition) is 4. The van der Waals surface area contributed by atoms with Crippen LogP contribution in [0.3, 0.4) is 0 Å². The topological polar surface area (TPSA) is 50.4 Å². The SMILES string of the molecule is CCOC(=O)[C@H](C)Nc1cccc2c1CCNC2. The van der Waals surface area contributed by atoms with Crippen LogP contribution < -0.4 is 10.6 Å². The fraction of sp³-hybridized carbons (Fsp3) is 0.500. The smallest absolute Gasteiger partial charge is 0.328 e. The quantitative estimate of drug-likeness (QED) is 0.796. The first kappa shape index (κ1) is 12.9. The molecule has 1 heterocycles. The molecule has 1 atom stereocenters. The molecular formula is C14H20N2O2. The second-order valence-electron chi connectivity index (χ2n) is 4.49. The van der Waals surface area contributed by atoms with E-state index in [2.05, 4.69) is 16.7 Å². The monoisotopic (exact) mass is 248 g/mol. The Morgan fingerprint density at radius 2 is 2.39 bits per heavy atom. The zero-order valence-electron chi connectivity index (χ0n) is 11.0. The van der Waals surface area contributed by atoms with Gasteiger partial charge >= 0.3 is 5.97 Å². The van der Waals surface area contributed by atoms with Crippen molar-refractivity contribution in [3.8, 4) is 0 Å². The normalized spacial score (nSPS) is 15.7. The number of nitrogens with one attached hydrogen (secondary N) is 2. The number of benzene rings is 1. The van der Waals surface area contributed by atoms with Gasteiger partial charge in [0, 0.05) is 12.2 Å². The number of rotatable bonds is 4. The molecule has 1 aromatic rings. The molecule has 1 aromatic carbocycles. The summed E-state index contributed by atoms with van der Waals surface area (Å²) in [6, 6.07) is 5.86. The summed E-state index contributed by atoms with van der Waals surface area (Å²) in [6.07, 6.45) is 0.994. The van der Waals surface area contributed by atoms with Crippen molar-refractivity contribution in [3.05, 3.63) is 29.3 Å². The minimum atomic E-state index is -0.314. The highest BCUT2D eigenvalue weighted by Crippen LogP contribution is 2.23. The maximum atomic E-state index is 11.6. The summed E-state index contributed by atoms with van der Waals surface area (Å²) in [5.74, 6) is -0.205. The van der Waals surface area contributed by atoms with Crippen molar-refractivity contribution in [2.75, 3.05) is 18.5 Å². The second kappa shape index (κ2) is 5.87. The van der Waals surface area contributed by atoms with Gasteiger partial charge in [-0.2, -0.15) is 0 Å². The van der Waals surface area contributed by atoms with E-state index in [0.29, 0.717) is 6.61 Å². The molecule has 0 amide bonds. The molecule has 4 nitrogen and oxygen atoms in total. The number of carbonyl (C=O) groups excluding carboxylic acids is 1. The second-order valence-corrected chi connectivity index (χ2v) is 4.49. The molecule has 0 radical (unpaired) electrons. The van der Waals surface area contributed by atoms with Crippen LogP contribution in [0.15, 0.2) is 18.2 Å². The van der Waals surface area contributed by atoms with Crippen LogP contribution in [-0.2, 0) is 22.5 Å². The van der Waals surface area contributed by atoms with E-state index in [1.165, 1.54) is 11.1 Å². The fourth-order valence-corrected chi connectivity index (χ4v) is 2.23. The van der Waals surface area contributed by atoms with Crippen LogP contribution in [0.4, 0.5) is 5.69 Å². The van der Waals surface area contributed by atoms with Crippen LogP contribution in [0.2, 0.25) is 0 Å². The Balaban J connectivity index is 2.11. The van der Waals surface area contributed by atoms with Crippen LogP contribution in [0, 0.1) is 0 Å². The van der Waals surface area contributed by atoms with Crippen LogP contribution in [0.5, 0.6) is 0 Å². The van der Waals surface area contributed by atoms with E-state index in [9.17, 15) is 4.79 Å². The van der Waals surface area contributed by atoms with E-state index < -0.39 is 0 Å². The number of hydrogen-bond donors (Lipinski definition) is 2. The van der Waals surface area contributed by atoms with Crippen LogP contribution in [-0.4, -0.2) is 25.2 Å². The van der Waals surface area contributed by atoms with Gasteiger partial charge in [0.1, 0.15) is 6.04 Å². The minimum absolute atomic E-state index is 0.205. The Bertz CT molecular complexity index is 432. The van der Waals surface area contributed by atoms with Gasteiger partial charge in [0.15, 0.2) is 0 Å². The van der Waals surface area contributed by atoms with Gasteiger partial charge in [-0.3, -0.25) is 0 Å². The predicted molar refractivity (Wildman–Crippen MR) is 71.6 cm³/mol. The molecule has 0 aliphatic carbocycles. The Morgan fingerprint density at radius 3 is 3.17 bits per heavy atom. The molecular weight excluding hydrogens is 228 g/mol. The zero-order valence-corrected chi connectivity index (χ0v) is 11.0. The number of ether oxygens (including phenoxy) is 1. The van der Waals surface area contributed by atoms with Gasteiger partial charge in [0.05, 0.1) is 6.61 Å². The molecule has 0 aromatic heterocycles. The van der Waals surface area contributed by atoms with Crippen molar-refractivity contribution in [2.24, 2.45) is 0 Å². The molecule has 1 aliphatic rings. The largest absolute Gasteiger partial charge is 0.464 e. The van der Waals surface area contributed by atoms with Crippen LogP contribution in [0.1, 0.15) is 25.0 Å². The first-order valence-electron chi connectivity index (χ1n) is 6.47. The predicted octanol–water partition coefficient (Wildman–Crippen LogP) is 1.70. The lowest BCUT2D eigenvalue weighted by atomic mass is 9.99. The maximum Gasteiger partial charge on any atom is 0.328 e. The van der Waals surface area contributed by atoms with Crippen molar-refractivity contribution in [1.29, 1.82) is 0 Å². The molecule has 0 fully saturated rings. The Hall–Kier alpha value is -1.55. The van der Waals surface area contributed by atoms with Gasteiger partial charge in [-0.15, -0.1) is 0 Å². The molecule has 0 unspecified atom stereocenters. The summed E-state index contributed by atoms with van der Waals surface area (Å²) < 4.78 is 5.01. The highest BCUT2D eigenvalue weighted by molar-refractivity contribution is 5.79. The third-order valence-electron chi connectivity index (χ3n) is 3.15. The average molecular weight is 248 g/mol. The molecule has 0 saturated heterocycles. The standard InChI is InChI=1S/C14H20N2O2/c1-3-18-14(17)10(2)16-13-6-4-5-11-9-15-8-7-12(11)13/h4-6,10,15-16H,3,7-9H2,1-2H3/t10-/m0/s1. The summed E-state index contributed by atoms with van der Waals surface area (Å²) in [5, 5.41) is 6.60. The van der Waals surface area contributed by atoms with Gasteiger partial charge in [-0.1, -0.05) is 12.1 Å². The minimum Gasteiger partial charge on any atom is -0.464 e. The third-order valence-corrected chi connectivity index (χ3v) is 3.15. The lowest BCUT2D eigenvalue weighted by Gasteiger charge is -2.22. The molecule has 98 valence electrons. The zero-order chi connectivity index (χ0) is 13.0. The number of carbonyl (C=O) groups is 1. The van der Waals surface area contributed by atoms with Gasteiger partial charge in [-0.25, -0.2) is 4.79 Å². The summed E-state index contributed by atoms with van der Waals surface area (Å²) in [7, 11) is 0. The lowest BCUT2D eigenvalue weighted by Crippen LogP contribution is -2.30. The molecule has 1 aliphatic heterocycles. The van der Waals surface area contributed by atoms with E-state index in [1.54, 1.807) is 0 Å². The molecule has 18 heavy (non-hydrogen) atoms. The summed E-state index contributed by atoms with van der Waals surface area (Å²) in [5.41, 5.74) is 3.67. The molecule has 0 saturated carbocycles. The van der Waals surface area contributed by atoms with Crippen LogP contribution >= 0.6 is 0 Å². The Kier molecular flexibility index (Phi) is 4.20. The number of esters is 1. The first-order chi connectivity index (χ1) is 8.72. The first-order valence-corrected chi connectivity index (χ1v) is 6.47. The van der Waals surface area contributed by atoms with Crippen molar-refractivity contribution in [3.63, 3.8) is 0 Å². The maximum absolute atomic E-state index is 11.6. The van der Waals surface area contributed by atoms with Gasteiger partial charge in [0.2, 0.25) is 0 Å². The number of anilines is 1. The highest BCUT2D eigenvalue weighted by Gasteiger charge is 2.17. The Labute approximate surface area is 108 Å². The van der Waals surface area contributed by atoms with Gasteiger partial charge in [-0.05, 0) is 44.0 Å². The molecule has 4 heteroatoms. The van der Waals surface area contributed by atoms with Gasteiger partial charge < -0.3 is 15.4 Å². The molecule has 2 N–H and O–H groups in total. The van der Waals surface area contributed by atoms with Crippen LogP contribution in [0.25, 0.3) is 0 Å². The van der Waals surface area contributed by atoms with Crippen molar-refractivity contribution >= 4 is 11.7 Å². The lowest BCUT2D eigenvalue weighted by molar-refractivity contribution is -0.143. The van der Waals surface area contributed by atoms with Crippen molar-refractivity contribution < 1.29 is 9.53 Å². The fourth-order valence-electron chi connectivity index (χ4n) is 2.23. The van der Waals surface area contributed by atoms with E-state index in [4.69, 9.17) is 4.74 Å². The van der Waals surface area contributed by atoms with E-state index in [1.807, 2.05) is 26.0 Å². The number of fused-ring (bicyclic) bond motifs is 1.